The highest BCUT2D eigenvalue weighted by molar-refractivity contribution is 5.86. The topological polar surface area (TPSA) is 58.4 Å². The third-order valence-electron chi connectivity index (χ3n) is 2.02. The standard InChI is InChI=1S/C7H15N3O/c1-10(2)6(11)7(8)3-4-9-5-7/h9H,3-5,8H2,1-2H3. The van der Waals surface area contributed by atoms with Crippen molar-refractivity contribution in [3.05, 3.63) is 0 Å². The van der Waals surface area contributed by atoms with Crippen molar-refractivity contribution >= 4 is 5.91 Å². The van der Waals surface area contributed by atoms with E-state index in [2.05, 4.69) is 5.32 Å². The summed E-state index contributed by atoms with van der Waals surface area (Å²) in [5.41, 5.74) is 5.20. The molecule has 1 aliphatic rings. The van der Waals surface area contributed by atoms with Gasteiger partial charge in [-0.25, -0.2) is 0 Å². The second-order valence-corrected chi connectivity index (χ2v) is 3.28. The van der Waals surface area contributed by atoms with Gasteiger partial charge < -0.3 is 16.0 Å². The quantitative estimate of drug-likeness (QED) is 0.501. The second kappa shape index (κ2) is 2.79. The van der Waals surface area contributed by atoms with Gasteiger partial charge in [0.1, 0.15) is 5.54 Å². The zero-order valence-electron chi connectivity index (χ0n) is 7.05. The molecule has 1 fully saturated rings. The fourth-order valence-corrected chi connectivity index (χ4v) is 1.34. The van der Waals surface area contributed by atoms with E-state index >= 15 is 0 Å². The summed E-state index contributed by atoms with van der Waals surface area (Å²) in [6.45, 7) is 1.44. The lowest BCUT2D eigenvalue weighted by molar-refractivity contribution is -0.133. The second-order valence-electron chi connectivity index (χ2n) is 3.28. The Hall–Kier alpha value is -0.610. The highest BCUT2D eigenvalue weighted by Crippen LogP contribution is 2.12. The van der Waals surface area contributed by atoms with Crippen molar-refractivity contribution in [2.45, 2.75) is 12.0 Å². The Morgan fingerprint density at radius 3 is 2.64 bits per heavy atom. The highest BCUT2D eigenvalue weighted by atomic mass is 16.2. The molecule has 64 valence electrons. The summed E-state index contributed by atoms with van der Waals surface area (Å²) >= 11 is 0. The van der Waals surface area contributed by atoms with Crippen molar-refractivity contribution in [3.63, 3.8) is 0 Å². The minimum absolute atomic E-state index is 0.0162. The number of nitrogens with two attached hydrogens (primary N) is 1. The van der Waals surface area contributed by atoms with Crippen LogP contribution in [0.3, 0.4) is 0 Å². The Morgan fingerprint density at radius 2 is 2.27 bits per heavy atom. The Kier molecular flexibility index (Phi) is 2.15. The molecule has 1 unspecified atom stereocenters. The van der Waals surface area contributed by atoms with Crippen LogP contribution in [-0.4, -0.2) is 43.5 Å². The van der Waals surface area contributed by atoms with Crippen LogP contribution in [0.2, 0.25) is 0 Å². The van der Waals surface area contributed by atoms with Gasteiger partial charge in [0, 0.05) is 20.6 Å². The zero-order valence-corrected chi connectivity index (χ0v) is 7.05. The summed E-state index contributed by atoms with van der Waals surface area (Å²) in [4.78, 5) is 13.0. The van der Waals surface area contributed by atoms with Gasteiger partial charge in [-0.3, -0.25) is 4.79 Å². The molecular weight excluding hydrogens is 142 g/mol. The van der Waals surface area contributed by atoms with Crippen LogP contribution in [0.4, 0.5) is 0 Å². The summed E-state index contributed by atoms with van der Waals surface area (Å²) in [5, 5.41) is 3.08. The first-order valence-electron chi connectivity index (χ1n) is 3.78. The van der Waals surface area contributed by atoms with E-state index in [-0.39, 0.29) is 5.91 Å². The molecule has 1 aliphatic heterocycles. The van der Waals surface area contributed by atoms with Crippen molar-refractivity contribution in [2.75, 3.05) is 27.2 Å². The molecule has 0 aromatic carbocycles. The van der Waals surface area contributed by atoms with Gasteiger partial charge >= 0.3 is 0 Å². The van der Waals surface area contributed by atoms with E-state index < -0.39 is 5.54 Å². The Bertz CT molecular complexity index is 161. The van der Waals surface area contributed by atoms with E-state index in [1.165, 1.54) is 0 Å². The number of carbonyl (C=O) groups is 1. The molecule has 1 heterocycles. The number of nitrogens with one attached hydrogen (secondary N) is 1. The molecule has 4 heteroatoms. The summed E-state index contributed by atoms with van der Waals surface area (Å²) < 4.78 is 0. The van der Waals surface area contributed by atoms with Gasteiger partial charge in [-0.05, 0) is 13.0 Å². The number of nitrogens with zero attached hydrogens (tertiary/aromatic N) is 1. The van der Waals surface area contributed by atoms with Crippen LogP contribution in [0.5, 0.6) is 0 Å². The van der Waals surface area contributed by atoms with Crippen LogP contribution in [0.15, 0.2) is 0 Å². The van der Waals surface area contributed by atoms with Gasteiger partial charge in [-0.1, -0.05) is 0 Å². The number of rotatable bonds is 1. The largest absolute Gasteiger partial charge is 0.347 e. The average Bonchev–Trinajstić information content (AvgIpc) is 2.35. The smallest absolute Gasteiger partial charge is 0.243 e. The molecule has 0 saturated carbocycles. The maximum Gasteiger partial charge on any atom is 0.243 e. The van der Waals surface area contributed by atoms with E-state index in [0.717, 1.165) is 13.0 Å². The number of hydrogen-bond donors (Lipinski definition) is 2. The lowest BCUT2D eigenvalue weighted by Crippen LogP contribution is -2.54. The minimum Gasteiger partial charge on any atom is -0.347 e. The normalized spacial score (nSPS) is 30.5. The van der Waals surface area contributed by atoms with Crippen LogP contribution in [0.1, 0.15) is 6.42 Å². The molecule has 0 aliphatic carbocycles. The van der Waals surface area contributed by atoms with E-state index in [1.807, 2.05) is 0 Å². The molecule has 0 aromatic rings. The third-order valence-corrected chi connectivity index (χ3v) is 2.02. The van der Waals surface area contributed by atoms with Gasteiger partial charge in [0.15, 0.2) is 0 Å². The summed E-state index contributed by atoms with van der Waals surface area (Å²) in [7, 11) is 3.46. The monoisotopic (exact) mass is 157 g/mol. The van der Waals surface area contributed by atoms with Crippen molar-refractivity contribution in [3.8, 4) is 0 Å². The molecule has 0 spiro atoms. The molecule has 0 bridgehead atoms. The summed E-state index contributed by atoms with van der Waals surface area (Å²) in [6.07, 6.45) is 0.740. The van der Waals surface area contributed by atoms with Gasteiger partial charge in [-0.15, -0.1) is 0 Å². The maximum absolute atomic E-state index is 11.4. The first-order valence-corrected chi connectivity index (χ1v) is 3.78. The van der Waals surface area contributed by atoms with Crippen LogP contribution in [0.25, 0.3) is 0 Å². The summed E-state index contributed by atoms with van der Waals surface area (Å²) in [6, 6.07) is 0. The number of amides is 1. The first-order chi connectivity index (χ1) is 5.06. The number of hydrogen-bond acceptors (Lipinski definition) is 3. The molecule has 11 heavy (non-hydrogen) atoms. The number of likely N-dealkylation sites (N-methyl/N-ethyl adjacent to an activating group) is 1. The van der Waals surface area contributed by atoms with Crippen LogP contribution < -0.4 is 11.1 Å². The molecular formula is C7H15N3O. The Balaban J connectivity index is 2.64. The van der Waals surface area contributed by atoms with E-state index in [0.29, 0.717) is 6.54 Å². The fraction of sp³-hybridized carbons (Fsp3) is 0.857. The van der Waals surface area contributed by atoms with E-state index in [4.69, 9.17) is 5.73 Å². The molecule has 4 nitrogen and oxygen atoms in total. The van der Waals surface area contributed by atoms with Crippen LogP contribution >= 0.6 is 0 Å². The third kappa shape index (κ3) is 1.52. The molecule has 0 aromatic heterocycles. The molecule has 0 radical (unpaired) electrons. The molecule has 1 saturated heterocycles. The predicted octanol–water partition coefficient (Wildman–Crippen LogP) is -1.23. The van der Waals surface area contributed by atoms with Gasteiger partial charge in [0.05, 0.1) is 0 Å². The zero-order chi connectivity index (χ0) is 8.48. The molecule has 1 atom stereocenters. The van der Waals surface area contributed by atoms with Crippen LogP contribution in [-0.2, 0) is 4.79 Å². The lowest BCUT2D eigenvalue weighted by atomic mass is 9.99. The molecule has 1 amide bonds. The van der Waals surface area contributed by atoms with Crippen molar-refractivity contribution in [1.29, 1.82) is 0 Å². The van der Waals surface area contributed by atoms with E-state index in [9.17, 15) is 4.79 Å². The van der Waals surface area contributed by atoms with Crippen molar-refractivity contribution in [1.82, 2.24) is 10.2 Å². The minimum atomic E-state index is -0.649. The first kappa shape index (κ1) is 8.49. The average molecular weight is 157 g/mol. The van der Waals surface area contributed by atoms with Gasteiger partial charge in [0.2, 0.25) is 5.91 Å². The Morgan fingerprint density at radius 1 is 1.64 bits per heavy atom. The fourth-order valence-electron chi connectivity index (χ4n) is 1.34. The van der Waals surface area contributed by atoms with Crippen LogP contribution in [0, 0.1) is 0 Å². The molecule has 1 rings (SSSR count). The number of carbonyl (C=O) groups excluding carboxylic acids is 1. The summed E-state index contributed by atoms with van der Waals surface area (Å²) in [5.74, 6) is 0.0162. The van der Waals surface area contributed by atoms with Gasteiger partial charge in [0.25, 0.3) is 0 Å². The predicted molar refractivity (Wildman–Crippen MR) is 43.1 cm³/mol. The Labute approximate surface area is 66.7 Å². The SMILES string of the molecule is CN(C)C(=O)C1(N)CCNC1. The van der Waals surface area contributed by atoms with Gasteiger partial charge in [-0.2, -0.15) is 0 Å². The maximum atomic E-state index is 11.4. The van der Waals surface area contributed by atoms with Crippen molar-refractivity contribution in [2.24, 2.45) is 5.73 Å². The van der Waals surface area contributed by atoms with Crippen molar-refractivity contribution < 1.29 is 4.79 Å². The highest BCUT2D eigenvalue weighted by Gasteiger charge is 2.37. The van der Waals surface area contributed by atoms with E-state index in [1.54, 1.807) is 19.0 Å². The molecule has 3 N–H and O–H groups in total. The lowest BCUT2D eigenvalue weighted by Gasteiger charge is -2.25.